The van der Waals surface area contributed by atoms with Crippen LogP contribution in [0, 0.1) is 5.92 Å². The fourth-order valence-corrected chi connectivity index (χ4v) is 0.975. The molecule has 7 heteroatoms. The first kappa shape index (κ1) is 11.2. The van der Waals surface area contributed by atoms with Gasteiger partial charge in [0.1, 0.15) is 4.99 Å². The van der Waals surface area contributed by atoms with Crippen LogP contribution in [0.1, 0.15) is 0 Å². The Hall–Kier alpha value is -0.850. The first-order valence-electron chi connectivity index (χ1n) is 3.46. The molecule has 1 aliphatic heterocycles. The van der Waals surface area contributed by atoms with Gasteiger partial charge in [0, 0.05) is 6.21 Å². The fraction of sp³-hybridized carbons (Fsp3) is 0.429. The van der Waals surface area contributed by atoms with E-state index in [-0.39, 0.29) is 4.99 Å². The molecule has 78 valence electrons. The Kier molecular flexibility index (Phi) is 2.71. The summed E-state index contributed by atoms with van der Waals surface area (Å²) in [5.74, 6) is -6.88. The predicted octanol–water partition coefficient (Wildman–Crippen LogP) is 2.77. The monoisotopic (exact) mass is 229 g/mol. The van der Waals surface area contributed by atoms with E-state index in [1.165, 1.54) is 0 Å². The van der Waals surface area contributed by atoms with Crippen LogP contribution in [0.5, 0.6) is 0 Å². The minimum Gasteiger partial charge on any atom is -0.249 e. The van der Waals surface area contributed by atoms with E-state index in [9.17, 15) is 22.0 Å². The number of hydrogen-bond donors (Lipinski definition) is 0. The molecule has 1 atom stereocenters. The Bertz CT molecular complexity index is 288. The number of thiocarbonyl (C=S) groups is 1. The molecule has 0 N–H and O–H groups in total. The molecular weight excluding hydrogens is 225 g/mol. The maximum atomic E-state index is 12.6. The molecule has 1 heterocycles. The predicted molar refractivity (Wildman–Crippen MR) is 44.7 cm³/mol. The van der Waals surface area contributed by atoms with Crippen LogP contribution in [0.25, 0.3) is 0 Å². The van der Waals surface area contributed by atoms with Crippen LogP contribution < -0.4 is 0 Å². The zero-order valence-electron chi connectivity index (χ0n) is 6.55. The van der Waals surface area contributed by atoms with E-state index in [2.05, 4.69) is 17.2 Å². The van der Waals surface area contributed by atoms with Crippen molar-refractivity contribution in [3.63, 3.8) is 0 Å². The highest BCUT2D eigenvalue weighted by molar-refractivity contribution is 7.80. The van der Waals surface area contributed by atoms with Gasteiger partial charge in [0.05, 0.1) is 5.92 Å². The molecule has 0 aromatic heterocycles. The summed E-state index contributed by atoms with van der Waals surface area (Å²) in [6, 6.07) is 0. The van der Waals surface area contributed by atoms with Gasteiger partial charge >= 0.3 is 12.1 Å². The summed E-state index contributed by atoms with van der Waals surface area (Å²) < 4.78 is 60.8. The Labute approximate surface area is 81.3 Å². The van der Waals surface area contributed by atoms with E-state index >= 15 is 0 Å². The maximum absolute atomic E-state index is 12.6. The number of allylic oxidation sites excluding steroid dienone is 1. The molecule has 1 unspecified atom stereocenters. The third-order valence-electron chi connectivity index (χ3n) is 1.61. The summed E-state index contributed by atoms with van der Waals surface area (Å²) in [7, 11) is 0. The second kappa shape index (κ2) is 3.38. The average Bonchev–Trinajstić information content (AvgIpc) is 2.03. The van der Waals surface area contributed by atoms with Gasteiger partial charge in [-0.1, -0.05) is 18.3 Å². The minimum absolute atomic E-state index is 0.0146. The molecule has 0 amide bonds. The summed E-state index contributed by atoms with van der Waals surface area (Å²) in [6.45, 7) is 0. The number of dihydropyridines is 1. The van der Waals surface area contributed by atoms with Gasteiger partial charge in [0.2, 0.25) is 0 Å². The van der Waals surface area contributed by atoms with Crippen molar-refractivity contribution in [3.8, 4) is 0 Å². The summed E-state index contributed by atoms with van der Waals surface area (Å²) in [6.07, 6.45) is -3.41. The van der Waals surface area contributed by atoms with Crippen LogP contribution in [0.15, 0.2) is 17.1 Å². The van der Waals surface area contributed by atoms with Crippen molar-refractivity contribution in [1.29, 1.82) is 0 Å². The number of rotatable bonds is 1. The van der Waals surface area contributed by atoms with Crippen molar-refractivity contribution in [2.75, 3.05) is 0 Å². The van der Waals surface area contributed by atoms with Gasteiger partial charge in [-0.05, 0) is 6.08 Å². The van der Waals surface area contributed by atoms with Crippen LogP contribution in [-0.4, -0.2) is 23.3 Å². The van der Waals surface area contributed by atoms with Gasteiger partial charge in [0.25, 0.3) is 0 Å². The standard InChI is InChI=1S/C7H4F5NS/c8-6(9,7(10,11)12)4-1-2-5(14)13-3-4/h1-4H. The molecular formula is C7H4F5NS. The summed E-state index contributed by atoms with van der Waals surface area (Å²) >= 11 is 4.46. The van der Waals surface area contributed by atoms with Gasteiger partial charge in [-0.3, -0.25) is 0 Å². The Balaban J connectivity index is 2.90. The second-order valence-electron chi connectivity index (χ2n) is 2.62. The molecule has 1 rings (SSSR count). The highest BCUT2D eigenvalue weighted by Crippen LogP contribution is 2.41. The first-order valence-corrected chi connectivity index (χ1v) is 3.87. The van der Waals surface area contributed by atoms with Gasteiger partial charge in [-0.2, -0.15) is 22.0 Å². The van der Waals surface area contributed by atoms with Crippen LogP contribution in [0.3, 0.4) is 0 Å². The maximum Gasteiger partial charge on any atom is 0.454 e. The van der Waals surface area contributed by atoms with Crippen molar-refractivity contribution >= 4 is 23.4 Å². The Morgan fingerprint density at radius 3 is 2.14 bits per heavy atom. The van der Waals surface area contributed by atoms with Crippen molar-refractivity contribution < 1.29 is 22.0 Å². The summed E-state index contributed by atoms with van der Waals surface area (Å²) in [5, 5.41) is 0. The van der Waals surface area contributed by atoms with Gasteiger partial charge < -0.3 is 0 Å². The topological polar surface area (TPSA) is 12.4 Å². The summed E-state index contributed by atoms with van der Waals surface area (Å²) in [5.41, 5.74) is 0. The molecule has 14 heavy (non-hydrogen) atoms. The van der Waals surface area contributed by atoms with Crippen molar-refractivity contribution in [2.45, 2.75) is 12.1 Å². The van der Waals surface area contributed by atoms with Gasteiger partial charge in [-0.15, -0.1) is 0 Å². The van der Waals surface area contributed by atoms with E-state index in [4.69, 9.17) is 0 Å². The van der Waals surface area contributed by atoms with E-state index in [1.54, 1.807) is 0 Å². The third-order valence-corrected chi connectivity index (χ3v) is 1.85. The molecule has 0 aromatic rings. The van der Waals surface area contributed by atoms with Crippen LogP contribution in [0.2, 0.25) is 0 Å². The SMILES string of the molecule is FC(F)(F)C(F)(F)C1C=CC(=S)N=C1. The van der Waals surface area contributed by atoms with Crippen molar-refractivity contribution in [3.05, 3.63) is 12.2 Å². The van der Waals surface area contributed by atoms with E-state index < -0.39 is 18.0 Å². The highest BCUT2D eigenvalue weighted by Gasteiger charge is 2.61. The lowest BCUT2D eigenvalue weighted by molar-refractivity contribution is -0.288. The zero-order chi connectivity index (χ0) is 11.0. The van der Waals surface area contributed by atoms with Crippen LogP contribution in [-0.2, 0) is 0 Å². The molecule has 0 aromatic carbocycles. The van der Waals surface area contributed by atoms with Crippen molar-refractivity contribution in [2.24, 2.45) is 10.9 Å². The van der Waals surface area contributed by atoms with Gasteiger partial charge in [-0.25, -0.2) is 4.99 Å². The number of alkyl halides is 5. The highest BCUT2D eigenvalue weighted by atomic mass is 32.1. The molecule has 0 saturated heterocycles. The van der Waals surface area contributed by atoms with Crippen LogP contribution in [0.4, 0.5) is 22.0 Å². The molecule has 0 fully saturated rings. The number of halogens is 5. The number of hydrogen-bond acceptors (Lipinski definition) is 1. The lowest BCUT2D eigenvalue weighted by atomic mass is 10.0. The Morgan fingerprint density at radius 1 is 1.21 bits per heavy atom. The minimum atomic E-state index is -5.58. The van der Waals surface area contributed by atoms with E-state index in [0.717, 1.165) is 6.08 Å². The first-order chi connectivity index (χ1) is 6.25. The Morgan fingerprint density at radius 2 is 1.79 bits per heavy atom. The molecule has 0 radical (unpaired) electrons. The molecule has 0 spiro atoms. The molecule has 0 bridgehead atoms. The smallest absolute Gasteiger partial charge is 0.249 e. The van der Waals surface area contributed by atoms with E-state index in [1.807, 2.05) is 0 Å². The quantitative estimate of drug-likeness (QED) is 0.497. The fourth-order valence-electron chi connectivity index (χ4n) is 0.836. The molecule has 1 aliphatic rings. The van der Waals surface area contributed by atoms with Gasteiger partial charge in [0.15, 0.2) is 0 Å². The van der Waals surface area contributed by atoms with E-state index in [0.29, 0.717) is 12.3 Å². The zero-order valence-corrected chi connectivity index (χ0v) is 7.37. The number of aliphatic imine (C=N–C) groups is 1. The molecule has 1 nitrogen and oxygen atoms in total. The molecule has 0 saturated carbocycles. The normalized spacial score (nSPS) is 22.9. The second-order valence-corrected chi connectivity index (χ2v) is 3.04. The third kappa shape index (κ3) is 1.97. The lowest BCUT2D eigenvalue weighted by Gasteiger charge is -2.24. The van der Waals surface area contributed by atoms with Crippen LogP contribution >= 0.6 is 12.2 Å². The lowest BCUT2D eigenvalue weighted by Crippen LogP contribution is -2.44. The molecule has 0 aliphatic carbocycles. The van der Waals surface area contributed by atoms with Crippen molar-refractivity contribution in [1.82, 2.24) is 0 Å². The number of nitrogens with zero attached hydrogens (tertiary/aromatic N) is 1. The average molecular weight is 229 g/mol. The summed E-state index contributed by atoms with van der Waals surface area (Å²) in [4.78, 5) is 3.22. The largest absolute Gasteiger partial charge is 0.454 e.